The van der Waals surface area contributed by atoms with Gasteiger partial charge in [-0.15, -0.1) is 0 Å². The molecule has 2 aromatic carbocycles. The third-order valence-corrected chi connectivity index (χ3v) is 6.59. The van der Waals surface area contributed by atoms with Crippen molar-refractivity contribution in [3.05, 3.63) is 58.1 Å². The van der Waals surface area contributed by atoms with Gasteiger partial charge in [-0.1, -0.05) is 12.1 Å². The SMILES string of the molecule is COc1ccccc1N1CCN2c3ccc([N+](=O)[O-])cc3CC(C(=O)NC3CC3)C2C1. The van der Waals surface area contributed by atoms with Crippen LogP contribution in [0.3, 0.4) is 0 Å². The lowest BCUT2D eigenvalue weighted by molar-refractivity contribution is -0.384. The normalized spacial score (nSPS) is 22.4. The van der Waals surface area contributed by atoms with Gasteiger partial charge >= 0.3 is 0 Å². The molecule has 0 aromatic heterocycles. The van der Waals surface area contributed by atoms with Crippen LogP contribution in [0.1, 0.15) is 18.4 Å². The number of para-hydroxylation sites is 2. The molecule has 2 aromatic rings. The van der Waals surface area contributed by atoms with Gasteiger partial charge < -0.3 is 19.9 Å². The standard InChI is InChI=1S/C23H26N4O4/c1-31-22-5-3-2-4-20(22)25-10-11-26-19-9-8-17(27(29)30)12-15(19)13-18(21(26)14-25)23(28)24-16-6-7-16/h2-5,8-9,12,16,18,21H,6-7,10-11,13-14H2,1H3,(H,24,28). The first-order valence-corrected chi connectivity index (χ1v) is 10.8. The second kappa shape index (κ2) is 7.76. The van der Waals surface area contributed by atoms with E-state index in [-0.39, 0.29) is 34.5 Å². The van der Waals surface area contributed by atoms with Crippen molar-refractivity contribution in [2.75, 3.05) is 36.5 Å². The van der Waals surface area contributed by atoms with Gasteiger partial charge in [-0.2, -0.15) is 0 Å². The van der Waals surface area contributed by atoms with Crippen LogP contribution in [0.2, 0.25) is 0 Å². The molecule has 2 aliphatic heterocycles. The number of amides is 1. The van der Waals surface area contributed by atoms with Crippen LogP contribution in [-0.2, 0) is 11.2 Å². The summed E-state index contributed by atoms with van der Waals surface area (Å²) in [6.45, 7) is 2.21. The monoisotopic (exact) mass is 422 g/mol. The molecule has 162 valence electrons. The number of ether oxygens (including phenoxy) is 1. The number of methoxy groups -OCH3 is 1. The number of hydrogen-bond donors (Lipinski definition) is 1. The molecule has 0 radical (unpaired) electrons. The van der Waals surface area contributed by atoms with E-state index in [1.54, 1.807) is 19.2 Å². The molecule has 1 saturated heterocycles. The number of carbonyl (C=O) groups excluding carboxylic acids is 1. The molecule has 1 aliphatic carbocycles. The minimum Gasteiger partial charge on any atom is -0.495 e. The van der Waals surface area contributed by atoms with Crippen molar-refractivity contribution in [3.8, 4) is 5.75 Å². The molecule has 2 fully saturated rings. The fourth-order valence-electron chi connectivity index (χ4n) is 4.87. The average Bonchev–Trinajstić information content (AvgIpc) is 3.61. The Bertz CT molecular complexity index is 1020. The summed E-state index contributed by atoms with van der Waals surface area (Å²) in [7, 11) is 1.67. The quantitative estimate of drug-likeness (QED) is 0.589. The van der Waals surface area contributed by atoms with Gasteiger partial charge in [0, 0.05) is 43.5 Å². The zero-order valence-corrected chi connectivity index (χ0v) is 17.5. The number of anilines is 2. The number of non-ortho nitro benzene ring substituents is 1. The number of nitro benzene ring substituents is 1. The number of rotatable bonds is 5. The third-order valence-electron chi connectivity index (χ3n) is 6.59. The van der Waals surface area contributed by atoms with E-state index in [2.05, 4.69) is 15.1 Å². The van der Waals surface area contributed by atoms with E-state index >= 15 is 0 Å². The summed E-state index contributed by atoms with van der Waals surface area (Å²) < 4.78 is 5.56. The highest BCUT2D eigenvalue weighted by Gasteiger charge is 2.43. The van der Waals surface area contributed by atoms with Crippen molar-refractivity contribution in [1.29, 1.82) is 0 Å². The fourth-order valence-corrected chi connectivity index (χ4v) is 4.87. The molecule has 0 spiro atoms. The maximum absolute atomic E-state index is 13.2. The van der Waals surface area contributed by atoms with E-state index in [1.165, 1.54) is 0 Å². The number of piperazine rings is 1. The predicted octanol–water partition coefficient (Wildman–Crippen LogP) is 2.75. The van der Waals surface area contributed by atoms with Crippen LogP contribution in [-0.4, -0.2) is 49.7 Å². The largest absolute Gasteiger partial charge is 0.495 e. The highest BCUT2D eigenvalue weighted by atomic mass is 16.6. The second-order valence-corrected chi connectivity index (χ2v) is 8.54. The Hall–Kier alpha value is -3.29. The van der Waals surface area contributed by atoms with Crippen LogP contribution >= 0.6 is 0 Å². The van der Waals surface area contributed by atoms with Crippen LogP contribution in [0.4, 0.5) is 17.1 Å². The lowest BCUT2D eigenvalue weighted by atomic mass is 9.83. The maximum atomic E-state index is 13.2. The number of hydrogen-bond acceptors (Lipinski definition) is 6. The van der Waals surface area contributed by atoms with Crippen molar-refractivity contribution in [2.24, 2.45) is 5.92 Å². The van der Waals surface area contributed by atoms with Gasteiger partial charge in [0.05, 0.1) is 29.7 Å². The summed E-state index contributed by atoms with van der Waals surface area (Å²) in [6, 6.07) is 13.3. The molecule has 1 N–H and O–H groups in total. The molecule has 0 bridgehead atoms. The van der Waals surface area contributed by atoms with E-state index in [1.807, 2.05) is 30.3 Å². The van der Waals surface area contributed by atoms with E-state index in [0.717, 1.165) is 48.6 Å². The molecule has 2 heterocycles. The Labute approximate surface area is 180 Å². The Kier molecular flexibility index (Phi) is 4.92. The number of fused-ring (bicyclic) bond motifs is 3. The smallest absolute Gasteiger partial charge is 0.269 e. The van der Waals surface area contributed by atoms with Gasteiger partial charge in [0.25, 0.3) is 5.69 Å². The molecule has 31 heavy (non-hydrogen) atoms. The molecule has 1 amide bonds. The molecule has 8 heteroatoms. The number of nitro groups is 1. The Morgan fingerprint density at radius 1 is 1.16 bits per heavy atom. The van der Waals surface area contributed by atoms with Gasteiger partial charge in [0.15, 0.2) is 0 Å². The predicted molar refractivity (Wildman–Crippen MR) is 118 cm³/mol. The Balaban J connectivity index is 1.49. The van der Waals surface area contributed by atoms with Crippen molar-refractivity contribution < 1.29 is 14.5 Å². The Morgan fingerprint density at radius 3 is 2.71 bits per heavy atom. The molecule has 5 rings (SSSR count). The van der Waals surface area contributed by atoms with E-state index < -0.39 is 0 Å². The van der Waals surface area contributed by atoms with Gasteiger partial charge in [0.2, 0.25) is 5.91 Å². The van der Waals surface area contributed by atoms with E-state index in [4.69, 9.17) is 4.74 Å². The summed E-state index contributed by atoms with van der Waals surface area (Å²) in [5.74, 6) is 0.617. The van der Waals surface area contributed by atoms with Crippen molar-refractivity contribution in [2.45, 2.75) is 31.3 Å². The molecule has 2 unspecified atom stereocenters. The van der Waals surface area contributed by atoms with E-state index in [0.29, 0.717) is 13.0 Å². The van der Waals surface area contributed by atoms with Crippen molar-refractivity contribution in [1.82, 2.24) is 5.32 Å². The number of carbonyl (C=O) groups is 1. The third kappa shape index (κ3) is 3.66. The molecule has 2 atom stereocenters. The van der Waals surface area contributed by atoms with Crippen molar-refractivity contribution >= 4 is 23.0 Å². The highest BCUT2D eigenvalue weighted by Crippen LogP contribution is 2.40. The topological polar surface area (TPSA) is 87.9 Å². The first-order valence-electron chi connectivity index (χ1n) is 10.8. The summed E-state index contributed by atoms with van der Waals surface area (Å²) >= 11 is 0. The van der Waals surface area contributed by atoms with E-state index in [9.17, 15) is 14.9 Å². The summed E-state index contributed by atoms with van der Waals surface area (Å²) in [4.78, 5) is 28.7. The van der Waals surface area contributed by atoms with Crippen molar-refractivity contribution in [3.63, 3.8) is 0 Å². The zero-order chi connectivity index (χ0) is 21.5. The highest BCUT2D eigenvalue weighted by molar-refractivity contribution is 5.83. The maximum Gasteiger partial charge on any atom is 0.269 e. The molecule has 8 nitrogen and oxygen atoms in total. The van der Waals surface area contributed by atoms with Gasteiger partial charge in [-0.3, -0.25) is 14.9 Å². The fraction of sp³-hybridized carbons (Fsp3) is 0.435. The lowest BCUT2D eigenvalue weighted by Gasteiger charge is -2.49. The second-order valence-electron chi connectivity index (χ2n) is 8.54. The summed E-state index contributed by atoms with van der Waals surface area (Å²) in [6.07, 6.45) is 2.57. The molecule has 3 aliphatic rings. The summed E-state index contributed by atoms with van der Waals surface area (Å²) in [5.41, 5.74) is 2.99. The first-order chi connectivity index (χ1) is 15.0. The van der Waals surface area contributed by atoms with Crippen LogP contribution in [0.5, 0.6) is 5.75 Å². The molecular weight excluding hydrogens is 396 g/mol. The average molecular weight is 422 g/mol. The minimum absolute atomic E-state index is 0.00799. The van der Waals surface area contributed by atoms with Crippen LogP contribution in [0.25, 0.3) is 0 Å². The first kappa shape index (κ1) is 19.7. The molecular formula is C23H26N4O4. The van der Waals surface area contributed by atoms with Gasteiger partial charge in [-0.05, 0) is 43.0 Å². The number of nitrogens with zero attached hydrogens (tertiary/aromatic N) is 3. The van der Waals surface area contributed by atoms with Crippen LogP contribution in [0, 0.1) is 16.0 Å². The van der Waals surface area contributed by atoms with Gasteiger partial charge in [0.1, 0.15) is 5.75 Å². The number of benzene rings is 2. The Morgan fingerprint density at radius 2 is 1.97 bits per heavy atom. The van der Waals surface area contributed by atoms with Gasteiger partial charge in [-0.25, -0.2) is 0 Å². The lowest BCUT2D eigenvalue weighted by Crippen LogP contribution is -2.61. The summed E-state index contributed by atoms with van der Waals surface area (Å²) in [5, 5.41) is 14.5. The molecule has 1 saturated carbocycles. The zero-order valence-electron chi connectivity index (χ0n) is 17.5. The van der Waals surface area contributed by atoms with Crippen LogP contribution < -0.4 is 19.9 Å². The number of nitrogens with one attached hydrogen (secondary N) is 1. The van der Waals surface area contributed by atoms with Crippen LogP contribution in [0.15, 0.2) is 42.5 Å². The minimum atomic E-state index is -0.370.